The highest BCUT2D eigenvalue weighted by molar-refractivity contribution is 6.10. The van der Waals surface area contributed by atoms with Gasteiger partial charge in [-0.15, -0.1) is 0 Å². The predicted molar refractivity (Wildman–Crippen MR) is 86.9 cm³/mol. The van der Waals surface area contributed by atoms with Gasteiger partial charge in [-0.25, -0.2) is 0 Å². The number of aromatic nitrogens is 4. The molecule has 3 heterocycles. The van der Waals surface area contributed by atoms with Crippen LogP contribution in [0.25, 0.3) is 0 Å². The minimum Gasteiger partial charge on any atom is -0.338 e. The molecular formula is C16H20N6O2. The number of carbonyl (C=O) groups excluding carboxylic acids is 2. The summed E-state index contributed by atoms with van der Waals surface area (Å²) < 4.78 is 1.43. The lowest BCUT2D eigenvalue weighted by atomic mass is 9.83. The van der Waals surface area contributed by atoms with Crippen LogP contribution in [0.2, 0.25) is 0 Å². The van der Waals surface area contributed by atoms with Crippen LogP contribution < -0.4 is 5.32 Å². The Balaban J connectivity index is 1.52. The normalized spacial score (nSPS) is 17.3. The summed E-state index contributed by atoms with van der Waals surface area (Å²) in [5, 5.41) is 14.0. The van der Waals surface area contributed by atoms with E-state index in [4.69, 9.17) is 0 Å². The minimum atomic E-state index is -0.370. The van der Waals surface area contributed by atoms with Gasteiger partial charge in [-0.2, -0.15) is 10.2 Å². The van der Waals surface area contributed by atoms with Crippen molar-refractivity contribution >= 4 is 17.6 Å². The summed E-state index contributed by atoms with van der Waals surface area (Å²) in [6.07, 6.45) is 6.02. The van der Waals surface area contributed by atoms with Gasteiger partial charge in [-0.3, -0.25) is 19.4 Å². The van der Waals surface area contributed by atoms with Crippen LogP contribution in [0.5, 0.6) is 0 Å². The van der Waals surface area contributed by atoms with Crippen molar-refractivity contribution in [2.24, 2.45) is 7.05 Å². The monoisotopic (exact) mass is 328 g/mol. The van der Waals surface area contributed by atoms with Gasteiger partial charge in [0, 0.05) is 37.8 Å². The fraction of sp³-hybridized carbons (Fsp3) is 0.500. The van der Waals surface area contributed by atoms with Crippen LogP contribution >= 0.6 is 0 Å². The molecule has 1 saturated heterocycles. The number of carbonyl (C=O) groups is 2. The maximum atomic E-state index is 12.6. The van der Waals surface area contributed by atoms with Crippen molar-refractivity contribution in [2.75, 3.05) is 18.4 Å². The van der Waals surface area contributed by atoms with Crippen LogP contribution in [-0.4, -0.2) is 49.8 Å². The van der Waals surface area contributed by atoms with Crippen molar-refractivity contribution in [2.45, 2.75) is 31.6 Å². The van der Waals surface area contributed by atoms with E-state index in [1.165, 1.54) is 17.3 Å². The maximum absolute atomic E-state index is 12.6. The molecule has 0 unspecified atom stereocenters. The fourth-order valence-corrected chi connectivity index (χ4v) is 3.06. The van der Waals surface area contributed by atoms with Crippen molar-refractivity contribution in [3.63, 3.8) is 0 Å². The molecule has 0 spiro atoms. The number of H-pyrrole nitrogens is 1. The van der Waals surface area contributed by atoms with Crippen LogP contribution in [0.1, 0.15) is 58.1 Å². The summed E-state index contributed by atoms with van der Waals surface area (Å²) in [6.45, 7) is 1.47. The Morgan fingerprint density at radius 2 is 2.08 bits per heavy atom. The SMILES string of the molecule is Cn1ncc(C(=O)N2CCC2)c1C(=O)Nc1cc(C2CCC2)[nH]n1. The van der Waals surface area contributed by atoms with E-state index in [1.807, 2.05) is 6.07 Å². The summed E-state index contributed by atoms with van der Waals surface area (Å²) in [4.78, 5) is 26.8. The number of amides is 2. The van der Waals surface area contributed by atoms with E-state index < -0.39 is 0 Å². The molecule has 126 valence electrons. The summed E-state index contributed by atoms with van der Waals surface area (Å²) in [5.41, 5.74) is 1.66. The van der Waals surface area contributed by atoms with E-state index in [2.05, 4.69) is 20.6 Å². The first-order chi connectivity index (χ1) is 11.6. The second-order valence-electron chi connectivity index (χ2n) is 6.47. The quantitative estimate of drug-likeness (QED) is 0.889. The minimum absolute atomic E-state index is 0.142. The van der Waals surface area contributed by atoms with Crippen LogP contribution in [0, 0.1) is 0 Å². The molecule has 0 bridgehead atoms. The molecule has 4 rings (SSSR count). The van der Waals surface area contributed by atoms with E-state index in [-0.39, 0.29) is 17.5 Å². The number of aryl methyl sites for hydroxylation is 1. The Morgan fingerprint density at radius 1 is 1.29 bits per heavy atom. The van der Waals surface area contributed by atoms with Gasteiger partial charge in [0.05, 0.1) is 11.8 Å². The largest absolute Gasteiger partial charge is 0.338 e. The number of hydrogen-bond acceptors (Lipinski definition) is 4. The van der Waals surface area contributed by atoms with Gasteiger partial charge < -0.3 is 10.2 Å². The van der Waals surface area contributed by atoms with Crippen LogP contribution in [0.15, 0.2) is 12.3 Å². The Morgan fingerprint density at radius 3 is 2.71 bits per heavy atom. The van der Waals surface area contributed by atoms with Crippen molar-refractivity contribution in [3.8, 4) is 0 Å². The lowest BCUT2D eigenvalue weighted by Crippen LogP contribution is -2.42. The Kier molecular flexibility index (Phi) is 3.59. The number of hydrogen-bond donors (Lipinski definition) is 2. The highest BCUT2D eigenvalue weighted by Crippen LogP contribution is 2.35. The third-order valence-corrected chi connectivity index (χ3v) is 4.91. The molecule has 1 saturated carbocycles. The zero-order valence-electron chi connectivity index (χ0n) is 13.6. The third kappa shape index (κ3) is 2.47. The first-order valence-corrected chi connectivity index (χ1v) is 8.31. The molecule has 2 aromatic heterocycles. The molecule has 2 amide bonds. The van der Waals surface area contributed by atoms with Gasteiger partial charge in [0.15, 0.2) is 5.82 Å². The second-order valence-corrected chi connectivity index (χ2v) is 6.47. The molecule has 0 atom stereocenters. The summed E-state index contributed by atoms with van der Waals surface area (Å²) in [6, 6.07) is 1.87. The van der Waals surface area contributed by atoms with Gasteiger partial charge in [0.1, 0.15) is 5.69 Å². The standard InChI is InChI=1S/C16H20N6O2/c1-21-14(11(9-17-21)16(24)22-6-3-7-22)15(23)18-13-8-12(19-20-13)10-4-2-5-10/h8-10H,2-7H2,1H3,(H2,18,19,20,23). The van der Waals surface area contributed by atoms with Gasteiger partial charge in [0.25, 0.3) is 11.8 Å². The third-order valence-electron chi connectivity index (χ3n) is 4.91. The van der Waals surface area contributed by atoms with Crippen molar-refractivity contribution in [1.82, 2.24) is 24.9 Å². The molecule has 8 nitrogen and oxygen atoms in total. The number of anilines is 1. The van der Waals surface area contributed by atoms with Gasteiger partial charge in [-0.1, -0.05) is 6.42 Å². The topological polar surface area (TPSA) is 95.9 Å². The zero-order chi connectivity index (χ0) is 16.7. The molecule has 1 aliphatic heterocycles. The number of nitrogens with zero attached hydrogens (tertiary/aromatic N) is 4. The Hall–Kier alpha value is -2.64. The van der Waals surface area contributed by atoms with Gasteiger partial charge in [-0.05, 0) is 19.3 Å². The number of likely N-dealkylation sites (tertiary alicyclic amines) is 1. The summed E-state index contributed by atoms with van der Waals surface area (Å²) in [5.74, 6) is 0.482. The number of nitrogens with one attached hydrogen (secondary N) is 2. The number of rotatable bonds is 4. The smallest absolute Gasteiger partial charge is 0.275 e. The average molecular weight is 328 g/mol. The molecule has 0 radical (unpaired) electrons. The fourth-order valence-electron chi connectivity index (χ4n) is 3.06. The van der Waals surface area contributed by atoms with E-state index >= 15 is 0 Å². The lowest BCUT2D eigenvalue weighted by molar-refractivity contribution is 0.0648. The molecule has 2 fully saturated rings. The zero-order valence-corrected chi connectivity index (χ0v) is 13.6. The highest BCUT2D eigenvalue weighted by Gasteiger charge is 2.29. The van der Waals surface area contributed by atoms with E-state index in [0.717, 1.165) is 38.0 Å². The number of aromatic amines is 1. The second kappa shape index (κ2) is 5.77. The Bertz CT molecular complexity index is 784. The van der Waals surface area contributed by atoms with E-state index in [1.54, 1.807) is 11.9 Å². The summed E-state index contributed by atoms with van der Waals surface area (Å²) >= 11 is 0. The van der Waals surface area contributed by atoms with Crippen LogP contribution in [0.4, 0.5) is 5.82 Å². The lowest BCUT2D eigenvalue weighted by Gasteiger charge is -2.30. The molecule has 2 aliphatic rings. The average Bonchev–Trinajstić information content (AvgIpc) is 3.02. The molecule has 8 heteroatoms. The van der Waals surface area contributed by atoms with E-state index in [0.29, 0.717) is 17.3 Å². The van der Waals surface area contributed by atoms with E-state index in [9.17, 15) is 9.59 Å². The van der Waals surface area contributed by atoms with Crippen LogP contribution in [0.3, 0.4) is 0 Å². The molecular weight excluding hydrogens is 308 g/mol. The molecule has 1 aliphatic carbocycles. The van der Waals surface area contributed by atoms with Crippen molar-refractivity contribution in [1.29, 1.82) is 0 Å². The molecule has 2 N–H and O–H groups in total. The molecule has 24 heavy (non-hydrogen) atoms. The predicted octanol–water partition coefficient (Wildman–Crippen LogP) is 1.51. The molecule has 0 aromatic carbocycles. The first-order valence-electron chi connectivity index (χ1n) is 8.31. The van der Waals surface area contributed by atoms with Crippen molar-refractivity contribution < 1.29 is 9.59 Å². The van der Waals surface area contributed by atoms with Gasteiger partial charge in [0.2, 0.25) is 0 Å². The van der Waals surface area contributed by atoms with Crippen LogP contribution in [-0.2, 0) is 7.05 Å². The first kappa shape index (κ1) is 14.9. The maximum Gasteiger partial charge on any atom is 0.275 e. The highest BCUT2D eigenvalue weighted by atomic mass is 16.2. The Labute approximate surface area is 139 Å². The van der Waals surface area contributed by atoms with Crippen molar-refractivity contribution in [3.05, 3.63) is 29.2 Å². The van der Waals surface area contributed by atoms with Gasteiger partial charge >= 0.3 is 0 Å². The molecule has 2 aromatic rings. The summed E-state index contributed by atoms with van der Waals surface area (Å²) in [7, 11) is 1.66.